The summed E-state index contributed by atoms with van der Waals surface area (Å²) in [6.45, 7) is 11.1. The van der Waals surface area contributed by atoms with E-state index in [-0.39, 0.29) is 0 Å². The van der Waals surface area contributed by atoms with E-state index in [0.29, 0.717) is 45.4 Å². The molecule has 1 fully saturated rings. The second kappa shape index (κ2) is 12.4. The second-order valence-corrected chi connectivity index (χ2v) is 6.11. The molecule has 0 bridgehead atoms. The number of rotatable bonds is 11. The van der Waals surface area contributed by atoms with Crippen molar-refractivity contribution in [2.75, 3.05) is 79.4 Å². The number of hydrogen-bond donors (Lipinski definition) is 3. The predicted octanol–water partition coefficient (Wildman–Crippen LogP) is -0.712. The lowest BCUT2D eigenvalue weighted by Gasteiger charge is -2.33. The highest BCUT2D eigenvalue weighted by molar-refractivity contribution is 5.79. The monoisotopic (exact) mass is 346 g/mol. The minimum absolute atomic E-state index is 0.338. The van der Waals surface area contributed by atoms with Crippen LogP contribution in [0.25, 0.3) is 0 Å². The Hall–Kier alpha value is -0.930. The van der Waals surface area contributed by atoms with Crippen LogP contribution in [0.5, 0.6) is 0 Å². The molecule has 0 spiro atoms. The average Bonchev–Trinajstić information content (AvgIpc) is 2.56. The third-order valence-electron chi connectivity index (χ3n) is 3.56. The number of morpholine rings is 1. The summed E-state index contributed by atoms with van der Waals surface area (Å²) in [5.41, 5.74) is -0.866. The van der Waals surface area contributed by atoms with E-state index < -0.39 is 5.60 Å². The van der Waals surface area contributed by atoms with Gasteiger partial charge in [0, 0.05) is 39.8 Å². The fourth-order valence-electron chi connectivity index (χ4n) is 2.37. The summed E-state index contributed by atoms with van der Waals surface area (Å²) in [5.74, 6) is 0.690. The van der Waals surface area contributed by atoms with Crippen molar-refractivity contribution in [2.24, 2.45) is 4.99 Å². The molecule has 1 rings (SSSR count). The van der Waals surface area contributed by atoms with Gasteiger partial charge in [-0.05, 0) is 13.8 Å². The molecule has 142 valence electrons. The first kappa shape index (κ1) is 21.1. The highest BCUT2D eigenvalue weighted by Crippen LogP contribution is 2.09. The quantitative estimate of drug-likeness (QED) is 0.259. The molecule has 3 N–H and O–H groups in total. The van der Waals surface area contributed by atoms with Gasteiger partial charge in [-0.1, -0.05) is 0 Å². The van der Waals surface area contributed by atoms with Gasteiger partial charge in [0.25, 0.3) is 0 Å². The Labute approximate surface area is 145 Å². The molecule has 1 atom stereocenters. The molecule has 1 aliphatic rings. The van der Waals surface area contributed by atoms with Crippen LogP contribution in [0, 0.1) is 0 Å². The molecule has 0 radical (unpaired) electrons. The van der Waals surface area contributed by atoms with Gasteiger partial charge >= 0.3 is 0 Å². The third-order valence-corrected chi connectivity index (χ3v) is 3.56. The van der Waals surface area contributed by atoms with Crippen molar-refractivity contribution in [3.05, 3.63) is 0 Å². The zero-order valence-corrected chi connectivity index (χ0v) is 15.3. The maximum Gasteiger partial charge on any atom is 0.191 e. The van der Waals surface area contributed by atoms with Crippen molar-refractivity contribution in [2.45, 2.75) is 19.4 Å². The molecular formula is C16H34N4O4. The maximum absolute atomic E-state index is 10.6. The Balaban J connectivity index is 2.33. The van der Waals surface area contributed by atoms with Gasteiger partial charge in [-0.3, -0.25) is 9.89 Å². The van der Waals surface area contributed by atoms with Crippen LogP contribution in [0.1, 0.15) is 13.8 Å². The average molecular weight is 346 g/mol. The molecule has 0 aromatic carbocycles. The molecule has 0 aromatic rings. The zero-order chi connectivity index (χ0) is 17.7. The van der Waals surface area contributed by atoms with Crippen LogP contribution >= 0.6 is 0 Å². The van der Waals surface area contributed by atoms with Crippen molar-refractivity contribution in [1.82, 2.24) is 15.5 Å². The standard InChI is InChI=1S/C16H34N4O4/c1-4-17-15(18-5-8-23-12-11-22-3)19-13-16(2,21)14-20-6-9-24-10-7-20/h21H,4-14H2,1-3H3,(H2,17,18,19). The highest BCUT2D eigenvalue weighted by atomic mass is 16.5. The molecule has 0 aliphatic carbocycles. The maximum atomic E-state index is 10.6. The summed E-state index contributed by atoms with van der Waals surface area (Å²) < 4.78 is 15.7. The molecule has 8 heteroatoms. The molecule has 24 heavy (non-hydrogen) atoms. The number of nitrogens with one attached hydrogen (secondary N) is 2. The van der Waals surface area contributed by atoms with E-state index in [1.807, 2.05) is 13.8 Å². The summed E-state index contributed by atoms with van der Waals surface area (Å²) in [7, 11) is 1.65. The molecule has 0 aromatic heterocycles. The first-order valence-corrected chi connectivity index (χ1v) is 8.69. The van der Waals surface area contributed by atoms with Gasteiger partial charge in [0.2, 0.25) is 0 Å². The van der Waals surface area contributed by atoms with Gasteiger partial charge in [0.15, 0.2) is 5.96 Å². The minimum atomic E-state index is -0.866. The lowest BCUT2D eigenvalue weighted by Crippen LogP contribution is -2.48. The van der Waals surface area contributed by atoms with Gasteiger partial charge in [0.05, 0.1) is 45.2 Å². The molecule has 1 unspecified atom stereocenters. The molecule has 1 heterocycles. The summed E-state index contributed by atoms with van der Waals surface area (Å²) in [6.07, 6.45) is 0. The van der Waals surface area contributed by atoms with Crippen molar-refractivity contribution in [3.63, 3.8) is 0 Å². The van der Waals surface area contributed by atoms with E-state index in [0.717, 1.165) is 32.8 Å². The van der Waals surface area contributed by atoms with Gasteiger partial charge < -0.3 is 30.0 Å². The number of hydrogen-bond acceptors (Lipinski definition) is 6. The van der Waals surface area contributed by atoms with Crippen LogP contribution in [0.3, 0.4) is 0 Å². The molecule has 1 saturated heterocycles. The number of ether oxygens (including phenoxy) is 3. The number of aliphatic imine (C=N–C) groups is 1. The summed E-state index contributed by atoms with van der Waals surface area (Å²) in [4.78, 5) is 6.70. The van der Waals surface area contributed by atoms with Gasteiger partial charge in [0.1, 0.15) is 0 Å². The number of aliphatic hydroxyl groups is 1. The molecule has 8 nitrogen and oxygen atoms in total. The van der Waals surface area contributed by atoms with Crippen molar-refractivity contribution in [1.29, 1.82) is 0 Å². The Kier molecular flexibility index (Phi) is 10.9. The molecule has 0 saturated carbocycles. The van der Waals surface area contributed by atoms with E-state index in [4.69, 9.17) is 14.2 Å². The van der Waals surface area contributed by atoms with Gasteiger partial charge in [-0.2, -0.15) is 0 Å². The zero-order valence-electron chi connectivity index (χ0n) is 15.3. The van der Waals surface area contributed by atoms with Crippen LogP contribution in [0.15, 0.2) is 4.99 Å². The number of β-amino-alcohol motifs (C(OH)–C–C–N with tert-alkyl or cyclic N) is 1. The smallest absolute Gasteiger partial charge is 0.191 e. The Morgan fingerprint density at radius 3 is 2.67 bits per heavy atom. The van der Waals surface area contributed by atoms with E-state index in [1.165, 1.54) is 0 Å². The SMILES string of the molecule is CCNC(=NCC(C)(O)CN1CCOCC1)NCCOCCOC. The number of methoxy groups -OCH3 is 1. The highest BCUT2D eigenvalue weighted by Gasteiger charge is 2.25. The molecule has 1 aliphatic heterocycles. The molecule has 0 amide bonds. The van der Waals surface area contributed by atoms with E-state index in [9.17, 15) is 5.11 Å². The van der Waals surface area contributed by atoms with E-state index in [1.54, 1.807) is 7.11 Å². The molecular weight excluding hydrogens is 312 g/mol. The number of nitrogens with zero attached hydrogens (tertiary/aromatic N) is 2. The van der Waals surface area contributed by atoms with E-state index >= 15 is 0 Å². The first-order valence-electron chi connectivity index (χ1n) is 8.69. The summed E-state index contributed by atoms with van der Waals surface area (Å²) >= 11 is 0. The van der Waals surface area contributed by atoms with Gasteiger partial charge in [-0.25, -0.2) is 0 Å². The van der Waals surface area contributed by atoms with Crippen molar-refractivity contribution < 1.29 is 19.3 Å². The largest absolute Gasteiger partial charge is 0.387 e. The fraction of sp³-hybridized carbons (Fsp3) is 0.938. The van der Waals surface area contributed by atoms with E-state index in [2.05, 4.69) is 20.5 Å². The van der Waals surface area contributed by atoms with Crippen molar-refractivity contribution in [3.8, 4) is 0 Å². The summed E-state index contributed by atoms with van der Waals surface area (Å²) in [6, 6.07) is 0. The lowest BCUT2D eigenvalue weighted by molar-refractivity contribution is -0.0180. The Bertz CT molecular complexity index is 347. The van der Waals surface area contributed by atoms with Crippen LogP contribution in [-0.4, -0.2) is 101 Å². The third kappa shape index (κ3) is 10.0. The Morgan fingerprint density at radius 2 is 2.00 bits per heavy atom. The first-order chi connectivity index (χ1) is 11.6. The van der Waals surface area contributed by atoms with Crippen LogP contribution in [0.2, 0.25) is 0 Å². The fourth-order valence-corrected chi connectivity index (χ4v) is 2.37. The van der Waals surface area contributed by atoms with Crippen molar-refractivity contribution >= 4 is 5.96 Å². The van der Waals surface area contributed by atoms with Crippen LogP contribution in [0.4, 0.5) is 0 Å². The second-order valence-electron chi connectivity index (χ2n) is 6.11. The van der Waals surface area contributed by atoms with Gasteiger partial charge in [-0.15, -0.1) is 0 Å². The van der Waals surface area contributed by atoms with Crippen LogP contribution in [-0.2, 0) is 14.2 Å². The number of guanidine groups is 1. The Morgan fingerprint density at radius 1 is 1.25 bits per heavy atom. The predicted molar refractivity (Wildman–Crippen MR) is 94.6 cm³/mol. The normalized spacial score (nSPS) is 19.1. The topological polar surface area (TPSA) is 87.6 Å². The minimum Gasteiger partial charge on any atom is -0.387 e. The van der Waals surface area contributed by atoms with Crippen LogP contribution < -0.4 is 10.6 Å². The summed E-state index contributed by atoms with van der Waals surface area (Å²) in [5, 5.41) is 16.9. The lowest BCUT2D eigenvalue weighted by atomic mass is 10.1.